The fourth-order valence-electron chi connectivity index (χ4n) is 2.35. The highest BCUT2D eigenvalue weighted by Gasteiger charge is 2.18. The number of aliphatic hydroxyl groups excluding tert-OH is 2. The molecule has 0 saturated heterocycles. The van der Waals surface area contributed by atoms with E-state index in [1.165, 1.54) is 0 Å². The molecule has 7 heteroatoms. The van der Waals surface area contributed by atoms with E-state index in [9.17, 15) is 10.2 Å². The van der Waals surface area contributed by atoms with Crippen LogP contribution in [-0.2, 0) is 0 Å². The Morgan fingerprint density at radius 1 is 1.32 bits per heavy atom. The normalized spacial score (nSPS) is 13.5. The molecule has 0 aliphatic heterocycles. The van der Waals surface area contributed by atoms with Crippen LogP contribution in [-0.4, -0.2) is 32.6 Å². The Morgan fingerprint density at radius 3 is 2.73 bits per heavy atom. The fraction of sp³-hybridized carbons (Fsp3) is 0.400. The van der Waals surface area contributed by atoms with Crippen molar-refractivity contribution in [2.75, 3.05) is 6.54 Å². The first-order valence-electron chi connectivity index (χ1n) is 7.03. The first-order chi connectivity index (χ1) is 10.5. The third-order valence-electron chi connectivity index (χ3n) is 3.42. The number of aryl methyl sites for hydroxylation is 2. The number of hydrogen-bond acceptors (Lipinski definition) is 4. The van der Waals surface area contributed by atoms with Gasteiger partial charge in [-0.1, -0.05) is 17.2 Å². The molecule has 0 aliphatic carbocycles. The maximum absolute atomic E-state index is 10.2. The van der Waals surface area contributed by atoms with Crippen molar-refractivity contribution in [3.05, 3.63) is 57.7 Å². The van der Waals surface area contributed by atoms with Gasteiger partial charge in [-0.25, -0.2) is 4.68 Å². The summed E-state index contributed by atoms with van der Waals surface area (Å²) < 4.78 is 1.79. The highest BCUT2D eigenvalue weighted by atomic mass is 16.3. The molecule has 2 aromatic rings. The zero-order valence-corrected chi connectivity index (χ0v) is 12.6. The number of azide groups is 1. The van der Waals surface area contributed by atoms with Crippen molar-refractivity contribution in [1.82, 2.24) is 9.78 Å². The molecular weight excluding hydrogens is 282 g/mol. The van der Waals surface area contributed by atoms with Crippen LogP contribution in [0.15, 0.2) is 35.4 Å². The molecule has 2 rings (SSSR count). The third-order valence-corrected chi connectivity index (χ3v) is 3.42. The number of aromatic nitrogens is 2. The molecular formula is C15H19N5O2. The molecule has 0 aliphatic rings. The largest absolute Gasteiger partial charge is 0.390 e. The lowest BCUT2D eigenvalue weighted by Gasteiger charge is -2.18. The molecule has 1 heterocycles. The smallest absolute Gasteiger partial charge is 0.105 e. The number of aliphatic hydroxyl groups is 2. The molecule has 0 bridgehead atoms. The Morgan fingerprint density at radius 2 is 2.09 bits per heavy atom. The molecule has 1 aromatic heterocycles. The van der Waals surface area contributed by atoms with Gasteiger partial charge in [0.15, 0.2) is 0 Å². The van der Waals surface area contributed by atoms with Gasteiger partial charge in [0.05, 0.1) is 17.5 Å². The molecule has 116 valence electrons. The standard InChI is InChI=1S/C15H19N5O2/c1-10-8-11(2)20(18-10)13-5-3-4-12(9-13)15(22)14(21)6-7-17-19-16/h3-5,8-9,14-15,21-22H,6-7H2,1-2H3. The number of rotatable bonds is 6. The maximum atomic E-state index is 10.2. The SMILES string of the molecule is Cc1cc(C)n(-c2cccc(C(O)C(O)CCN=[N+]=[N-])c2)n1. The second kappa shape index (κ2) is 7.09. The predicted molar refractivity (Wildman–Crippen MR) is 82.6 cm³/mol. The van der Waals surface area contributed by atoms with Crippen molar-refractivity contribution >= 4 is 0 Å². The Kier molecular flexibility index (Phi) is 5.16. The molecule has 2 N–H and O–H groups in total. The van der Waals surface area contributed by atoms with Crippen LogP contribution in [0.2, 0.25) is 0 Å². The van der Waals surface area contributed by atoms with Crippen LogP contribution in [0.4, 0.5) is 0 Å². The molecule has 0 radical (unpaired) electrons. The van der Waals surface area contributed by atoms with Gasteiger partial charge < -0.3 is 10.2 Å². The molecule has 0 amide bonds. The first-order valence-corrected chi connectivity index (χ1v) is 7.03. The monoisotopic (exact) mass is 301 g/mol. The lowest BCUT2D eigenvalue weighted by molar-refractivity contribution is 0.0150. The van der Waals surface area contributed by atoms with E-state index in [1.807, 2.05) is 32.0 Å². The summed E-state index contributed by atoms with van der Waals surface area (Å²) >= 11 is 0. The topological polar surface area (TPSA) is 107 Å². The molecule has 0 fully saturated rings. The van der Waals surface area contributed by atoms with Gasteiger partial charge in [0.2, 0.25) is 0 Å². The van der Waals surface area contributed by atoms with Crippen molar-refractivity contribution in [2.45, 2.75) is 32.5 Å². The van der Waals surface area contributed by atoms with Crippen molar-refractivity contribution in [2.24, 2.45) is 5.11 Å². The van der Waals surface area contributed by atoms with Crippen LogP contribution in [0.3, 0.4) is 0 Å². The van der Waals surface area contributed by atoms with E-state index in [4.69, 9.17) is 5.53 Å². The molecule has 2 unspecified atom stereocenters. The van der Waals surface area contributed by atoms with E-state index in [1.54, 1.807) is 16.8 Å². The van der Waals surface area contributed by atoms with Crippen LogP contribution in [0.25, 0.3) is 16.1 Å². The van der Waals surface area contributed by atoms with Crippen LogP contribution < -0.4 is 0 Å². The summed E-state index contributed by atoms with van der Waals surface area (Å²) in [7, 11) is 0. The number of nitrogens with zero attached hydrogens (tertiary/aromatic N) is 5. The Balaban J connectivity index is 2.20. The summed E-state index contributed by atoms with van der Waals surface area (Å²) in [6, 6.07) is 9.21. The average molecular weight is 301 g/mol. The van der Waals surface area contributed by atoms with Gasteiger partial charge in [-0.05, 0) is 49.6 Å². The fourth-order valence-corrected chi connectivity index (χ4v) is 2.35. The minimum absolute atomic E-state index is 0.145. The summed E-state index contributed by atoms with van der Waals surface area (Å²) in [6.07, 6.45) is -1.82. The van der Waals surface area contributed by atoms with E-state index in [0.717, 1.165) is 17.1 Å². The van der Waals surface area contributed by atoms with Crippen molar-refractivity contribution in [3.63, 3.8) is 0 Å². The van der Waals surface area contributed by atoms with E-state index in [-0.39, 0.29) is 13.0 Å². The van der Waals surface area contributed by atoms with E-state index < -0.39 is 12.2 Å². The lowest BCUT2D eigenvalue weighted by Crippen LogP contribution is -2.19. The quantitative estimate of drug-likeness (QED) is 0.486. The molecule has 2 atom stereocenters. The second-order valence-electron chi connectivity index (χ2n) is 5.19. The summed E-state index contributed by atoms with van der Waals surface area (Å²) in [5.74, 6) is 0. The van der Waals surface area contributed by atoms with E-state index in [2.05, 4.69) is 15.1 Å². The van der Waals surface area contributed by atoms with Crippen LogP contribution >= 0.6 is 0 Å². The Bertz CT molecular complexity index is 691. The summed E-state index contributed by atoms with van der Waals surface area (Å²) in [5, 5.41) is 27.9. The maximum Gasteiger partial charge on any atom is 0.105 e. The third kappa shape index (κ3) is 3.65. The lowest BCUT2D eigenvalue weighted by atomic mass is 10.0. The van der Waals surface area contributed by atoms with Crippen LogP contribution in [0, 0.1) is 13.8 Å². The average Bonchev–Trinajstić information content (AvgIpc) is 2.85. The predicted octanol–water partition coefficient (Wildman–Crippen LogP) is 2.58. The Hall–Kier alpha value is -2.34. The molecule has 7 nitrogen and oxygen atoms in total. The van der Waals surface area contributed by atoms with Crippen molar-refractivity contribution in [1.29, 1.82) is 0 Å². The van der Waals surface area contributed by atoms with Gasteiger partial charge >= 0.3 is 0 Å². The van der Waals surface area contributed by atoms with Crippen LogP contribution in [0.5, 0.6) is 0 Å². The van der Waals surface area contributed by atoms with Gasteiger partial charge in [-0.15, -0.1) is 0 Å². The zero-order chi connectivity index (χ0) is 16.1. The molecule has 1 aromatic carbocycles. The number of benzene rings is 1. The number of hydrogen-bond donors (Lipinski definition) is 2. The van der Waals surface area contributed by atoms with Gasteiger partial charge in [0, 0.05) is 17.2 Å². The minimum Gasteiger partial charge on any atom is -0.390 e. The summed E-state index contributed by atoms with van der Waals surface area (Å²) in [5.41, 5.74) is 11.6. The molecule has 22 heavy (non-hydrogen) atoms. The highest BCUT2D eigenvalue weighted by Crippen LogP contribution is 2.22. The van der Waals surface area contributed by atoms with Gasteiger partial charge in [0.1, 0.15) is 6.10 Å². The van der Waals surface area contributed by atoms with Gasteiger partial charge in [0.25, 0.3) is 0 Å². The molecule has 0 spiro atoms. The van der Waals surface area contributed by atoms with E-state index >= 15 is 0 Å². The van der Waals surface area contributed by atoms with E-state index in [0.29, 0.717) is 5.56 Å². The second-order valence-corrected chi connectivity index (χ2v) is 5.19. The van der Waals surface area contributed by atoms with Crippen molar-refractivity contribution < 1.29 is 10.2 Å². The minimum atomic E-state index is -1.04. The zero-order valence-electron chi connectivity index (χ0n) is 12.6. The molecule has 0 saturated carbocycles. The van der Waals surface area contributed by atoms with Crippen LogP contribution in [0.1, 0.15) is 29.5 Å². The van der Waals surface area contributed by atoms with Crippen molar-refractivity contribution in [3.8, 4) is 5.69 Å². The highest BCUT2D eigenvalue weighted by molar-refractivity contribution is 5.38. The summed E-state index contributed by atoms with van der Waals surface area (Å²) in [4.78, 5) is 2.63. The summed E-state index contributed by atoms with van der Waals surface area (Å²) in [6.45, 7) is 4.02. The first kappa shape index (κ1) is 16.0. The van der Waals surface area contributed by atoms with Gasteiger partial charge in [-0.2, -0.15) is 5.10 Å². The van der Waals surface area contributed by atoms with Gasteiger partial charge in [-0.3, -0.25) is 0 Å². The Labute approximate surface area is 128 Å².